The molecule has 1 radical (unpaired) electrons. The molecule has 1 aromatic carbocycles. The SMILES string of the molecule is [O]c1cccc(Cl)c1C1CC1. The molecular formula is C9H8ClO. The lowest BCUT2D eigenvalue weighted by Crippen LogP contribution is -1.80. The highest BCUT2D eigenvalue weighted by Crippen LogP contribution is 2.47. The Morgan fingerprint density at radius 2 is 2.09 bits per heavy atom. The summed E-state index contributed by atoms with van der Waals surface area (Å²) in [5, 5.41) is 11.9. The van der Waals surface area contributed by atoms with Crippen molar-refractivity contribution in [2.75, 3.05) is 0 Å². The molecule has 1 fully saturated rings. The van der Waals surface area contributed by atoms with Crippen LogP contribution in [0.25, 0.3) is 0 Å². The summed E-state index contributed by atoms with van der Waals surface area (Å²) in [4.78, 5) is 0. The molecule has 2 heteroatoms. The molecule has 0 aromatic heterocycles. The van der Waals surface area contributed by atoms with Crippen LogP contribution in [0.5, 0.6) is 5.75 Å². The Morgan fingerprint density at radius 1 is 1.36 bits per heavy atom. The fourth-order valence-corrected chi connectivity index (χ4v) is 1.61. The molecule has 0 heterocycles. The zero-order valence-electron chi connectivity index (χ0n) is 6.01. The molecule has 0 saturated heterocycles. The summed E-state index contributed by atoms with van der Waals surface area (Å²) < 4.78 is 0. The van der Waals surface area contributed by atoms with Crippen LogP contribution in [-0.2, 0) is 5.11 Å². The fraction of sp³-hybridized carbons (Fsp3) is 0.333. The first-order valence-corrected chi connectivity index (χ1v) is 4.12. The Bertz CT molecular complexity index is 259. The van der Waals surface area contributed by atoms with Gasteiger partial charge < -0.3 is 0 Å². The normalized spacial score (nSPS) is 16.8. The predicted octanol–water partition coefficient (Wildman–Crippen LogP) is 3.36. The Morgan fingerprint density at radius 3 is 2.64 bits per heavy atom. The van der Waals surface area contributed by atoms with Gasteiger partial charge in [0.15, 0.2) is 5.75 Å². The van der Waals surface area contributed by atoms with E-state index in [2.05, 4.69) is 0 Å². The fourth-order valence-electron chi connectivity index (χ4n) is 1.29. The van der Waals surface area contributed by atoms with Crippen LogP contribution in [0.3, 0.4) is 0 Å². The quantitative estimate of drug-likeness (QED) is 0.611. The van der Waals surface area contributed by atoms with Gasteiger partial charge in [-0.1, -0.05) is 17.7 Å². The van der Waals surface area contributed by atoms with Crippen LogP contribution in [0.4, 0.5) is 0 Å². The van der Waals surface area contributed by atoms with Crippen molar-refractivity contribution in [3.8, 4) is 5.75 Å². The third-order valence-corrected chi connectivity index (χ3v) is 2.33. The summed E-state index contributed by atoms with van der Waals surface area (Å²) in [5.74, 6) is 0.552. The third kappa shape index (κ3) is 1.21. The monoisotopic (exact) mass is 167 g/mol. The lowest BCUT2D eigenvalue weighted by Gasteiger charge is -2.00. The van der Waals surface area contributed by atoms with E-state index in [0.29, 0.717) is 10.9 Å². The van der Waals surface area contributed by atoms with E-state index >= 15 is 0 Å². The van der Waals surface area contributed by atoms with Gasteiger partial charge in [0, 0.05) is 10.6 Å². The van der Waals surface area contributed by atoms with Gasteiger partial charge in [0.1, 0.15) is 0 Å². The van der Waals surface area contributed by atoms with E-state index < -0.39 is 0 Å². The van der Waals surface area contributed by atoms with Gasteiger partial charge in [-0.25, -0.2) is 0 Å². The minimum absolute atomic E-state index is 0.0972. The largest absolute Gasteiger partial charge is 0.290 e. The molecule has 0 spiro atoms. The van der Waals surface area contributed by atoms with Crippen LogP contribution in [0, 0.1) is 0 Å². The first-order chi connectivity index (χ1) is 5.29. The Labute approximate surface area is 70.6 Å². The second-order valence-corrected chi connectivity index (χ2v) is 3.33. The van der Waals surface area contributed by atoms with Crippen LogP contribution < -0.4 is 0 Å². The van der Waals surface area contributed by atoms with E-state index in [-0.39, 0.29) is 5.75 Å². The van der Waals surface area contributed by atoms with Gasteiger partial charge in [-0.2, -0.15) is 0 Å². The van der Waals surface area contributed by atoms with Crippen molar-refractivity contribution in [1.29, 1.82) is 0 Å². The Balaban J connectivity index is 2.48. The van der Waals surface area contributed by atoms with Crippen molar-refractivity contribution < 1.29 is 5.11 Å². The minimum Gasteiger partial charge on any atom is -0.290 e. The van der Waals surface area contributed by atoms with E-state index in [9.17, 15) is 5.11 Å². The maximum atomic E-state index is 11.2. The van der Waals surface area contributed by atoms with Crippen molar-refractivity contribution in [2.45, 2.75) is 18.8 Å². The minimum atomic E-state index is 0.0972. The Kier molecular flexibility index (Phi) is 1.53. The molecule has 57 valence electrons. The molecule has 0 amide bonds. The summed E-state index contributed by atoms with van der Waals surface area (Å²) in [6.07, 6.45) is 2.25. The summed E-state index contributed by atoms with van der Waals surface area (Å²) in [6.45, 7) is 0. The average molecular weight is 168 g/mol. The van der Waals surface area contributed by atoms with E-state index in [0.717, 1.165) is 18.4 Å². The van der Waals surface area contributed by atoms with Crippen molar-refractivity contribution in [3.63, 3.8) is 0 Å². The molecule has 0 bridgehead atoms. The van der Waals surface area contributed by atoms with Gasteiger partial charge in [0.05, 0.1) is 0 Å². The highest BCUT2D eigenvalue weighted by molar-refractivity contribution is 6.31. The lowest BCUT2D eigenvalue weighted by molar-refractivity contribution is 0.350. The zero-order valence-corrected chi connectivity index (χ0v) is 6.77. The van der Waals surface area contributed by atoms with E-state index in [1.54, 1.807) is 18.2 Å². The number of hydrogen-bond donors (Lipinski definition) is 0. The second-order valence-electron chi connectivity index (χ2n) is 2.93. The van der Waals surface area contributed by atoms with E-state index in [1.165, 1.54) is 0 Å². The summed E-state index contributed by atoms with van der Waals surface area (Å²) in [5.41, 5.74) is 0.828. The van der Waals surface area contributed by atoms with Crippen molar-refractivity contribution in [1.82, 2.24) is 0 Å². The van der Waals surface area contributed by atoms with Crippen LogP contribution in [0.2, 0.25) is 5.02 Å². The number of rotatable bonds is 1. The first kappa shape index (κ1) is 6.99. The lowest BCUT2D eigenvalue weighted by atomic mass is 10.1. The van der Waals surface area contributed by atoms with Gasteiger partial charge >= 0.3 is 0 Å². The molecule has 11 heavy (non-hydrogen) atoms. The molecule has 1 nitrogen and oxygen atoms in total. The summed E-state index contributed by atoms with van der Waals surface area (Å²) >= 11 is 5.86. The molecule has 0 atom stereocenters. The maximum absolute atomic E-state index is 11.2. The third-order valence-electron chi connectivity index (χ3n) is 2.00. The van der Waals surface area contributed by atoms with Crippen molar-refractivity contribution in [3.05, 3.63) is 28.8 Å². The molecule has 1 aliphatic carbocycles. The van der Waals surface area contributed by atoms with Gasteiger partial charge in [0.2, 0.25) is 0 Å². The van der Waals surface area contributed by atoms with Crippen LogP contribution in [0.1, 0.15) is 24.3 Å². The average Bonchev–Trinajstić information content (AvgIpc) is 2.70. The standard InChI is InChI=1S/C9H8ClO/c10-7-2-1-3-8(11)9(7)6-4-5-6/h1-3,6H,4-5H2. The molecule has 0 unspecified atom stereocenters. The van der Waals surface area contributed by atoms with E-state index in [4.69, 9.17) is 11.6 Å². The van der Waals surface area contributed by atoms with Gasteiger partial charge in [0.25, 0.3) is 0 Å². The van der Waals surface area contributed by atoms with Gasteiger partial charge in [-0.3, -0.25) is 5.11 Å². The summed E-state index contributed by atoms with van der Waals surface area (Å²) in [7, 11) is 0. The van der Waals surface area contributed by atoms with Crippen LogP contribution >= 0.6 is 11.6 Å². The molecule has 1 aromatic rings. The van der Waals surface area contributed by atoms with Gasteiger partial charge in [-0.15, -0.1) is 0 Å². The highest BCUT2D eigenvalue weighted by atomic mass is 35.5. The topological polar surface area (TPSA) is 19.9 Å². The predicted molar refractivity (Wildman–Crippen MR) is 43.6 cm³/mol. The summed E-state index contributed by atoms with van der Waals surface area (Å²) in [6, 6.07) is 5.08. The van der Waals surface area contributed by atoms with Crippen molar-refractivity contribution in [2.24, 2.45) is 0 Å². The molecule has 2 rings (SSSR count). The number of halogens is 1. The molecule has 1 aliphatic rings. The maximum Gasteiger partial charge on any atom is 0.183 e. The number of benzene rings is 1. The molecular weight excluding hydrogens is 160 g/mol. The first-order valence-electron chi connectivity index (χ1n) is 3.74. The van der Waals surface area contributed by atoms with Crippen molar-refractivity contribution >= 4 is 11.6 Å². The van der Waals surface area contributed by atoms with Crippen LogP contribution in [0.15, 0.2) is 18.2 Å². The Hall–Kier alpha value is -0.690. The molecule has 1 saturated carbocycles. The molecule has 0 aliphatic heterocycles. The number of hydrogen-bond acceptors (Lipinski definition) is 0. The smallest absolute Gasteiger partial charge is 0.183 e. The van der Waals surface area contributed by atoms with Gasteiger partial charge in [-0.05, 0) is 30.9 Å². The van der Waals surface area contributed by atoms with Crippen LogP contribution in [-0.4, -0.2) is 0 Å². The second kappa shape index (κ2) is 2.42. The molecule has 0 N–H and O–H groups in total. The van der Waals surface area contributed by atoms with E-state index in [1.807, 2.05) is 0 Å². The highest BCUT2D eigenvalue weighted by Gasteiger charge is 2.28. The zero-order chi connectivity index (χ0) is 7.84.